The maximum Gasteiger partial charge on any atom is 0.0974 e. The highest BCUT2D eigenvalue weighted by Crippen LogP contribution is 2.19. The van der Waals surface area contributed by atoms with Crippen LogP contribution in [-0.2, 0) is 4.74 Å². The van der Waals surface area contributed by atoms with Gasteiger partial charge in [0.1, 0.15) is 0 Å². The monoisotopic (exact) mass is 335 g/mol. The van der Waals surface area contributed by atoms with E-state index in [9.17, 15) is 5.11 Å². The van der Waals surface area contributed by atoms with Crippen LogP contribution in [0.3, 0.4) is 0 Å². The molecule has 0 bridgehead atoms. The lowest BCUT2D eigenvalue weighted by Crippen LogP contribution is -2.36. The van der Waals surface area contributed by atoms with E-state index in [1.165, 1.54) is 70.6 Å². The number of hydrogen-bond acceptors (Lipinski definition) is 3. The molecule has 3 atom stereocenters. The highest BCUT2D eigenvalue weighted by molar-refractivity contribution is 5.85. The highest BCUT2D eigenvalue weighted by Gasteiger charge is 2.32. The quantitative estimate of drug-likeness (QED) is 0.484. The molecule has 0 aliphatic carbocycles. The minimum atomic E-state index is -0.447. The van der Waals surface area contributed by atoms with E-state index >= 15 is 0 Å². The summed E-state index contributed by atoms with van der Waals surface area (Å²) in [4.78, 5) is 0. The van der Waals surface area contributed by atoms with Gasteiger partial charge < -0.3 is 15.6 Å². The average Bonchev–Trinajstić information content (AvgIpc) is 2.80. The molecule has 4 heteroatoms. The first-order chi connectivity index (χ1) is 10.3. The first-order valence-electron chi connectivity index (χ1n) is 9.31. The summed E-state index contributed by atoms with van der Waals surface area (Å²) < 4.78 is 5.50. The van der Waals surface area contributed by atoms with Crippen LogP contribution in [-0.4, -0.2) is 30.0 Å². The number of aliphatic hydroxyl groups excluding tert-OH is 1. The Morgan fingerprint density at radius 3 is 1.73 bits per heavy atom. The van der Waals surface area contributed by atoms with Crippen molar-refractivity contribution in [2.24, 2.45) is 5.73 Å². The fourth-order valence-electron chi connectivity index (χ4n) is 3.15. The molecule has 1 saturated heterocycles. The van der Waals surface area contributed by atoms with Gasteiger partial charge in [0.25, 0.3) is 0 Å². The summed E-state index contributed by atoms with van der Waals surface area (Å²) in [5.41, 5.74) is 5.73. The topological polar surface area (TPSA) is 55.5 Å². The smallest absolute Gasteiger partial charge is 0.0974 e. The van der Waals surface area contributed by atoms with Gasteiger partial charge in [-0.25, -0.2) is 0 Å². The molecule has 1 rings (SSSR count). The molecule has 3 N–H and O–H groups in total. The van der Waals surface area contributed by atoms with E-state index in [0.29, 0.717) is 6.61 Å². The van der Waals surface area contributed by atoms with Crippen molar-refractivity contribution in [3.8, 4) is 0 Å². The third kappa shape index (κ3) is 10.0. The molecule has 1 heterocycles. The lowest BCUT2D eigenvalue weighted by Gasteiger charge is -2.14. The van der Waals surface area contributed by atoms with Crippen LogP contribution in [0, 0.1) is 0 Å². The molecule has 1 aliphatic rings. The summed E-state index contributed by atoms with van der Waals surface area (Å²) in [6, 6.07) is -0.174. The van der Waals surface area contributed by atoms with Gasteiger partial charge in [0.05, 0.1) is 24.9 Å². The van der Waals surface area contributed by atoms with Crippen molar-refractivity contribution in [1.82, 2.24) is 0 Å². The van der Waals surface area contributed by atoms with Gasteiger partial charge in [0, 0.05) is 0 Å². The predicted molar refractivity (Wildman–Crippen MR) is 96.7 cm³/mol. The number of halogens is 1. The molecule has 3 nitrogen and oxygen atoms in total. The Balaban J connectivity index is 0.00000441. The normalized spacial score (nSPS) is 24.4. The van der Waals surface area contributed by atoms with E-state index in [0.717, 1.165) is 12.8 Å². The highest BCUT2D eigenvalue weighted by atomic mass is 35.5. The number of nitrogens with two attached hydrogens (primary N) is 1. The fourth-order valence-corrected chi connectivity index (χ4v) is 3.15. The summed E-state index contributed by atoms with van der Waals surface area (Å²) >= 11 is 0. The predicted octanol–water partition coefficient (Wildman–Crippen LogP) is 4.59. The van der Waals surface area contributed by atoms with Crippen LogP contribution < -0.4 is 5.73 Å². The molecule has 22 heavy (non-hydrogen) atoms. The molecule has 0 spiro atoms. The Morgan fingerprint density at radius 2 is 1.32 bits per heavy atom. The largest absolute Gasteiger partial charge is 0.389 e. The standard InChI is InChI=1S/C18H37NO2.ClH/c1-2-3-4-5-6-7-8-9-10-11-12-13-14-17-18(20)16(19)15-21-17;/h16-18,20H,2-15,19H2,1H3;1H/t16-,17-,18-;/m0./s1. The Morgan fingerprint density at radius 1 is 0.864 bits per heavy atom. The van der Waals surface area contributed by atoms with E-state index in [4.69, 9.17) is 10.5 Å². The van der Waals surface area contributed by atoms with Gasteiger partial charge in [-0.2, -0.15) is 0 Å². The lowest BCUT2D eigenvalue weighted by molar-refractivity contribution is 0.0342. The Labute approximate surface area is 143 Å². The molecular weight excluding hydrogens is 298 g/mol. The van der Waals surface area contributed by atoms with Crippen molar-refractivity contribution in [2.75, 3.05) is 6.61 Å². The van der Waals surface area contributed by atoms with Crippen LogP contribution in [0.1, 0.15) is 90.4 Å². The average molecular weight is 336 g/mol. The second-order valence-electron chi connectivity index (χ2n) is 6.70. The van der Waals surface area contributed by atoms with Crippen LogP contribution in [0.15, 0.2) is 0 Å². The van der Waals surface area contributed by atoms with E-state index in [-0.39, 0.29) is 24.6 Å². The second kappa shape index (κ2) is 14.7. The van der Waals surface area contributed by atoms with Gasteiger partial charge in [-0.15, -0.1) is 12.4 Å². The molecular formula is C18H38ClNO2. The number of ether oxygens (including phenoxy) is 1. The maximum absolute atomic E-state index is 9.78. The van der Waals surface area contributed by atoms with Crippen molar-refractivity contribution in [3.05, 3.63) is 0 Å². The van der Waals surface area contributed by atoms with Crippen molar-refractivity contribution >= 4 is 12.4 Å². The minimum Gasteiger partial charge on any atom is -0.389 e. The SMILES string of the molecule is CCCCCCCCCCCCCC[C@@H]1OC[C@H](N)[C@@H]1O.Cl. The van der Waals surface area contributed by atoms with Gasteiger partial charge in [-0.05, 0) is 6.42 Å². The zero-order valence-corrected chi connectivity index (χ0v) is 15.3. The Kier molecular flexibility index (Phi) is 14.9. The second-order valence-corrected chi connectivity index (χ2v) is 6.70. The molecule has 0 aromatic heterocycles. The van der Waals surface area contributed by atoms with Crippen molar-refractivity contribution in [1.29, 1.82) is 0 Å². The fraction of sp³-hybridized carbons (Fsp3) is 1.00. The van der Waals surface area contributed by atoms with E-state index < -0.39 is 6.10 Å². The number of rotatable bonds is 13. The molecule has 0 radical (unpaired) electrons. The lowest BCUT2D eigenvalue weighted by atomic mass is 10.0. The van der Waals surface area contributed by atoms with E-state index in [1.54, 1.807) is 0 Å². The van der Waals surface area contributed by atoms with Crippen LogP contribution in [0.2, 0.25) is 0 Å². The molecule has 1 fully saturated rings. The molecule has 1 aliphatic heterocycles. The molecule has 134 valence electrons. The summed E-state index contributed by atoms with van der Waals surface area (Å²) in [5, 5.41) is 9.78. The molecule has 0 aromatic rings. The maximum atomic E-state index is 9.78. The number of unbranched alkanes of at least 4 members (excludes halogenated alkanes) is 11. The Bertz CT molecular complexity index is 241. The third-order valence-corrected chi connectivity index (χ3v) is 4.66. The van der Waals surface area contributed by atoms with Crippen LogP contribution >= 0.6 is 12.4 Å². The van der Waals surface area contributed by atoms with Gasteiger partial charge >= 0.3 is 0 Å². The molecule has 0 aromatic carbocycles. The van der Waals surface area contributed by atoms with Crippen LogP contribution in [0.4, 0.5) is 0 Å². The third-order valence-electron chi connectivity index (χ3n) is 4.66. The van der Waals surface area contributed by atoms with Crippen molar-refractivity contribution in [2.45, 2.75) is 109 Å². The molecule has 0 amide bonds. The van der Waals surface area contributed by atoms with Gasteiger partial charge in [-0.1, -0.05) is 84.0 Å². The molecule has 0 unspecified atom stereocenters. The molecule has 0 saturated carbocycles. The van der Waals surface area contributed by atoms with Gasteiger partial charge in [-0.3, -0.25) is 0 Å². The zero-order valence-electron chi connectivity index (χ0n) is 14.5. The van der Waals surface area contributed by atoms with Crippen molar-refractivity contribution in [3.63, 3.8) is 0 Å². The summed E-state index contributed by atoms with van der Waals surface area (Å²) in [6.07, 6.45) is 16.9. The number of hydrogen-bond donors (Lipinski definition) is 2. The summed E-state index contributed by atoms with van der Waals surface area (Å²) in [7, 11) is 0. The Hall–Kier alpha value is 0.170. The van der Waals surface area contributed by atoms with Crippen LogP contribution in [0.25, 0.3) is 0 Å². The minimum absolute atomic E-state index is 0. The van der Waals surface area contributed by atoms with Crippen LogP contribution in [0.5, 0.6) is 0 Å². The van der Waals surface area contributed by atoms with Crippen molar-refractivity contribution < 1.29 is 9.84 Å². The van der Waals surface area contributed by atoms with Gasteiger partial charge in [0.15, 0.2) is 0 Å². The first-order valence-corrected chi connectivity index (χ1v) is 9.31. The van der Waals surface area contributed by atoms with Gasteiger partial charge in [0.2, 0.25) is 0 Å². The summed E-state index contributed by atoms with van der Waals surface area (Å²) in [5.74, 6) is 0. The first kappa shape index (κ1) is 22.2. The summed E-state index contributed by atoms with van der Waals surface area (Å²) in [6.45, 7) is 2.79. The zero-order chi connectivity index (χ0) is 15.3. The van der Waals surface area contributed by atoms with E-state index in [2.05, 4.69) is 6.92 Å². The number of aliphatic hydroxyl groups is 1. The van der Waals surface area contributed by atoms with E-state index in [1.807, 2.05) is 0 Å².